The first kappa shape index (κ1) is 20.3. The Morgan fingerprint density at radius 2 is 1.55 bits per heavy atom. The van der Waals surface area contributed by atoms with Crippen LogP contribution < -0.4 is 4.74 Å². The number of rotatable bonds is 6. The molecule has 154 valence electrons. The van der Waals surface area contributed by atoms with Crippen LogP contribution in [0.2, 0.25) is 0 Å². The number of hydrogen-bond acceptors (Lipinski definition) is 5. The van der Waals surface area contributed by atoms with Crippen molar-refractivity contribution in [2.45, 2.75) is 6.92 Å². The van der Waals surface area contributed by atoms with E-state index in [0.717, 1.165) is 5.56 Å². The van der Waals surface area contributed by atoms with Crippen molar-refractivity contribution in [3.63, 3.8) is 0 Å². The maximum absolute atomic E-state index is 13.1. The van der Waals surface area contributed by atoms with Crippen LogP contribution in [-0.2, 0) is 4.74 Å². The fraction of sp³-hybridized carbons (Fsp3) is 0.115. The maximum Gasteiger partial charge on any atom is 0.339 e. The van der Waals surface area contributed by atoms with Gasteiger partial charge in [0.05, 0.1) is 29.4 Å². The number of carbonyl (C=O) groups is 2. The van der Waals surface area contributed by atoms with Crippen molar-refractivity contribution in [1.82, 2.24) is 4.98 Å². The van der Waals surface area contributed by atoms with Crippen LogP contribution in [0.1, 0.15) is 26.3 Å². The molecule has 0 spiro atoms. The van der Waals surface area contributed by atoms with Crippen LogP contribution in [0, 0.1) is 6.92 Å². The van der Waals surface area contributed by atoms with Crippen molar-refractivity contribution in [2.75, 3.05) is 13.7 Å². The second-order valence-electron chi connectivity index (χ2n) is 7.04. The summed E-state index contributed by atoms with van der Waals surface area (Å²) in [6, 6.07) is 24.0. The fourth-order valence-corrected chi connectivity index (χ4v) is 3.60. The highest BCUT2D eigenvalue weighted by Gasteiger charge is 2.21. The van der Waals surface area contributed by atoms with Gasteiger partial charge in [-0.1, -0.05) is 60.7 Å². The van der Waals surface area contributed by atoms with E-state index >= 15 is 0 Å². The van der Waals surface area contributed by atoms with Gasteiger partial charge in [-0.2, -0.15) is 0 Å². The van der Waals surface area contributed by atoms with E-state index in [1.165, 1.54) is 7.11 Å². The zero-order valence-electron chi connectivity index (χ0n) is 17.3. The highest BCUT2D eigenvalue weighted by atomic mass is 16.5. The average molecular weight is 411 g/mol. The second kappa shape index (κ2) is 8.79. The zero-order chi connectivity index (χ0) is 21.8. The van der Waals surface area contributed by atoms with Crippen molar-refractivity contribution in [2.24, 2.45) is 0 Å². The number of benzene rings is 3. The number of para-hydroxylation sites is 2. The van der Waals surface area contributed by atoms with Crippen LogP contribution in [0.25, 0.3) is 22.2 Å². The van der Waals surface area contributed by atoms with E-state index in [2.05, 4.69) is 0 Å². The molecule has 3 aromatic carbocycles. The first-order chi connectivity index (χ1) is 15.1. The third kappa shape index (κ3) is 4.03. The lowest BCUT2D eigenvalue weighted by Crippen LogP contribution is -2.16. The van der Waals surface area contributed by atoms with Crippen molar-refractivity contribution >= 4 is 22.7 Å². The van der Waals surface area contributed by atoms with Crippen LogP contribution >= 0.6 is 0 Å². The molecule has 4 rings (SSSR count). The molecule has 4 aromatic rings. The van der Waals surface area contributed by atoms with E-state index in [9.17, 15) is 9.59 Å². The third-order valence-electron chi connectivity index (χ3n) is 5.13. The summed E-state index contributed by atoms with van der Waals surface area (Å²) < 4.78 is 10.7. The van der Waals surface area contributed by atoms with E-state index in [1.54, 1.807) is 24.3 Å². The van der Waals surface area contributed by atoms with Gasteiger partial charge in [0.25, 0.3) is 0 Å². The Balaban J connectivity index is 1.69. The molecule has 0 saturated carbocycles. The van der Waals surface area contributed by atoms with Crippen molar-refractivity contribution < 1.29 is 19.1 Å². The Hall–Kier alpha value is -3.99. The molecule has 31 heavy (non-hydrogen) atoms. The Labute approximate surface area is 180 Å². The number of Topliss-reactive ketones (excluding diaryl/α,β-unsaturated/α-hetero) is 1. The molecule has 5 nitrogen and oxygen atoms in total. The molecule has 1 heterocycles. The largest absolute Gasteiger partial charge is 0.496 e. The van der Waals surface area contributed by atoms with E-state index in [4.69, 9.17) is 14.5 Å². The quantitative estimate of drug-likeness (QED) is 0.320. The SMILES string of the molecule is COc1ccccc1C(=O)COC(=O)c1c(C)c(-c2ccccc2)nc2ccccc12. The van der Waals surface area contributed by atoms with Crippen molar-refractivity contribution in [3.05, 3.63) is 95.6 Å². The molecule has 0 fully saturated rings. The molecular weight excluding hydrogens is 390 g/mol. The second-order valence-corrected chi connectivity index (χ2v) is 7.04. The standard InChI is InChI=1S/C26H21NO4/c1-17-24(26(29)31-16-22(28)20-13-7-9-15-23(20)30-2)19-12-6-8-14-21(19)27-25(17)18-10-4-3-5-11-18/h3-15H,16H2,1-2H3. The summed E-state index contributed by atoms with van der Waals surface area (Å²) in [7, 11) is 1.50. The number of esters is 1. The number of pyridine rings is 1. The third-order valence-corrected chi connectivity index (χ3v) is 5.13. The number of ether oxygens (including phenoxy) is 2. The molecule has 0 atom stereocenters. The highest BCUT2D eigenvalue weighted by Crippen LogP contribution is 2.30. The van der Waals surface area contributed by atoms with Crippen LogP contribution in [-0.4, -0.2) is 30.5 Å². The minimum absolute atomic E-state index is 0.329. The van der Waals surface area contributed by atoms with E-state index in [-0.39, 0.29) is 12.4 Å². The molecule has 0 amide bonds. The summed E-state index contributed by atoms with van der Waals surface area (Å²) in [4.78, 5) is 30.5. The minimum Gasteiger partial charge on any atom is -0.496 e. The Morgan fingerprint density at radius 1 is 0.871 bits per heavy atom. The first-order valence-electron chi connectivity index (χ1n) is 9.88. The monoisotopic (exact) mass is 411 g/mol. The highest BCUT2D eigenvalue weighted by molar-refractivity contribution is 6.08. The lowest BCUT2D eigenvalue weighted by atomic mass is 9.98. The molecule has 0 aliphatic heterocycles. The molecule has 0 bridgehead atoms. The lowest BCUT2D eigenvalue weighted by Gasteiger charge is -2.14. The van der Waals surface area contributed by atoms with Gasteiger partial charge >= 0.3 is 5.97 Å². The molecule has 1 aromatic heterocycles. The van der Waals surface area contributed by atoms with Gasteiger partial charge in [-0.25, -0.2) is 9.78 Å². The van der Waals surface area contributed by atoms with Gasteiger partial charge in [0.1, 0.15) is 5.75 Å². The number of fused-ring (bicyclic) bond motifs is 1. The van der Waals surface area contributed by atoms with Gasteiger partial charge in [0, 0.05) is 10.9 Å². The molecule has 0 unspecified atom stereocenters. The van der Waals surface area contributed by atoms with Crippen LogP contribution in [0.3, 0.4) is 0 Å². The number of carbonyl (C=O) groups excluding carboxylic acids is 2. The van der Waals surface area contributed by atoms with E-state index in [0.29, 0.717) is 39.0 Å². The molecule has 0 aliphatic rings. The van der Waals surface area contributed by atoms with Gasteiger partial charge in [0.2, 0.25) is 5.78 Å². The van der Waals surface area contributed by atoms with Crippen LogP contribution in [0.4, 0.5) is 0 Å². The number of methoxy groups -OCH3 is 1. The van der Waals surface area contributed by atoms with E-state index in [1.807, 2.05) is 61.5 Å². The predicted molar refractivity (Wildman–Crippen MR) is 120 cm³/mol. The fourth-order valence-electron chi connectivity index (χ4n) is 3.60. The summed E-state index contributed by atoms with van der Waals surface area (Å²) in [5.41, 5.74) is 3.80. The van der Waals surface area contributed by atoms with Crippen molar-refractivity contribution in [3.8, 4) is 17.0 Å². The molecular formula is C26H21NO4. The topological polar surface area (TPSA) is 65.5 Å². The normalized spacial score (nSPS) is 10.6. The summed E-state index contributed by atoms with van der Waals surface area (Å²) in [5.74, 6) is -0.443. The van der Waals surface area contributed by atoms with Gasteiger partial charge in [-0.05, 0) is 30.7 Å². The van der Waals surface area contributed by atoms with Crippen molar-refractivity contribution in [1.29, 1.82) is 0 Å². The molecule has 5 heteroatoms. The summed E-state index contributed by atoms with van der Waals surface area (Å²) >= 11 is 0. The number of hydrogen-bond donors (Lipinski definition) is 0. The Morgan fingerprint density at radius 3 is 2.32 bits per heavy atom. The van der Waals surface area contributed by atoms with E-state index < -0.39 is 5.97 Å². The van der Waals surface area contributed by atoms with Gasteiger partial charge in [0.15, 0.2) is 6.61 Å². The minimum atomic E-state index is -0.559. The smallest absolute Gasteiger partial charge is 0.339 e. The number of aromatic nitrogens is 1. The average Bonchev–Trinajstić information content (AvgIpc) is 2.82. The number of nitrogens with zero attached hydrogens (tertiary/aromatic N) is 1. The zero-order valence-corrected chi connectivity index (χ0v) is 17.3. The molecule has 0 radical (unpaired) electrons. The molecule has 0 N–H and O–H groups in total. The lowest BCUT2D eigenvalue weighted by molar-refractivity contribution is 0.0475. The van der Waals surface area contributed by atoms with Crippen LogP contribution in [0.15, 0.2) is 78.9 Å². The van der Waals surface area contributed by atoms with Gasteiger partial charge in [-0.3, -0.25) is 4.79 Å². The predicted octanol–water partition coefficient (Wildman–Crippen LogP) is 5.26. The molecule has 0 aliphatic carbocycles. The van der Waals surface area contributed by atoms with Crippen LogP contribution in [0.5, 0.6) is 5.75 Å². The summed E-state index contributed by atoms with van der Waals surface area (Å²) in [5, 5.41) is 0.689. The molecule has 0 saturated heterocycles. The van der Waals surface area contributed by atoms with Gasteiger partial charge in [-0.15, -0.1) is 0 Å². The van der Waals surface area contributed by atoms with Gasteiger partial charge < -0.3 is 9.47 Å². The number of ketones is 1. The summed E-state index contributed by atoms with van der Waals surface area (Å²) in [6.07, 6.45) is 0. The maximum atomic E-state index is 13.1. The Kier molecular flexibility index (Phi) is 5.76. The Bertz CT molecular complexity index is 1270. The first-order valence-corrected chi connectivity index (χ1v) is 9.88. The summed E-state index contributed by atoms with van der Waals surface area (Å²) in [6.45, 7) is 1.47.